The van der Waals surface area contributed by atoms with Gasteiger partial charge in [0.05, 0.1) is 6.10 Å². The first kappa shape index (κ1) is 19.4. The van der Waals surface area contributed by atoms with Gasteiger partial charge >= 0.3 is 0 Å². The average Bonchev–Trinajstić information content (AvgIpc) is 2.68. The number of likely N-dealkylation sites (tertiary alicyclic amines) is 1. The van der Waals surface area contributed by atoms with Crippen LogP contribution in [0, 0.1) is 5.92 Å². The maximum absolute atomic E-state index is 11.6. The molecular formula is C23H27ClN2O2. The van der Waals surface area contributed by atoms with E-state index in [0.29, 0.717) is 30.3 Å². The monoisotopic (exact) mass is 398 g/mol. The van der Waals surface area contributed by atoms with Crippen LogP contribution in [0.25, 0.3) is 0 Å². The molecular weight excluding hydrogens is 372 g/mol. The van der Waals surface area contributed by atoms with Crippen LogP contribution in [0.3, 0.4) is 0 Å². The lowest BCUT2D eigenvalue weighted by Crippen LogP contribution is -2.38. The van der Waals surface area contributed by atoms with Crippen LogP contribution in [0.1, 0.15) is 42.1 Å². The Bertz CT molecular complexity index is 840. The number of anilines is 1. The molecule has 28 heavy (non-hydrogen) atoms. The molecule has 2 aromatic rings. The van der Waals surface area contributed by atoms with Crippen molar-refractivity contribution in [2.75, 3.05) is 25.0 Å². The number of rotatable bonds is 5. The van der Waals surface area contributed by atoms with E-state index < -0.39 is 6.10 Å². The second-order valence-electron chi connectivity index (χ2n) is 8.05. The van der Waals surface area contributed by atoms with Crippen LogP contribution in [-0.4, -0.2) is 35.5 Å². The van der Waals surface area contributed by atoms with Crippen molar-refractivity contribution in [2.24, 2.45) is 5.92 Å². The largest absolute Gasteiger partial charge is 0.387 e. The molecule has 148 valence electrons. The molecule has 1 amide bonds. The summed E-state index contributed by atoms with van der Waals surface area (Å²) in [5.74, 6) is 0.646. The van der Waals surface area contributed by atoms with Gasteiger partial charge in [-0.05, 0) is 61.4 Å². The Morgan fingerprint density at radius 3 is 2.86 bits per heavy atom. The molecule has 2 N–H and O–H groups in total. The third-order valence-electron chi connectivity index (χ3n) is 5.88. The Hall–Kier alpha value is -1.88. The summed E-state index contributed by atoms with van der Waals surface area (Å²) in [6, 6.07) is 14.4. The molecule has 4 nitrogen and oxygen atoms in total. The van der Waals surface area contributed by atoms with Gasteiger partial charge in [-0.2, -0.15) is 0 Å². The van der Waals surface area contributed by atoms with Crippen molar-refractivity contribution >= 4 is 23.2 Å². The molecule has 1 fully saturated rings. The summed E-state index contributed by atoms with van der Waals surface area (Å²) in [4.78, 5) is 13.9. The number of aryl methyl sites for hydroxylation is 1. The van der Waals surface area contributed by atoms with Gasteiger partial charge in [0, 0.05) is 35.8 Å². The second-order valence-corrected chi connectivity index (χ2v) is 8.46. The Balaban J connectivity index is 1.40. The van der Waals surface area contributed by atoms with Crippen molar-refractivity contribution in [2.45, 2.75) is 38.2 Å². The number of β-amino-alcohol motifs (C(OH)–C–C–N with tert-alkyl or cyclic N) is 1. The van der Waals surface area contributed by atoms with Crippen molar-refractivity contribution in [3.63, 3.8) is 0 Å². The fourth-order valence-electron chi connectivity index (χ4n) is 4.45. The van der Waals surface area contributed by atoms with Crippen LogP contribution < -0.4 is 5.32 Å². The lowest BCUT2D eigenvalue weighted by Gasteiger charge is -2.34. The molecule has 2 aliphatic rings. The molecule has 0 radical (unpaired) electrons. The number of carbonyl (C=O) groups excluding carboxylic acids is 1. The fourth-order valence-corrected chi connectivity index (χ4v) is 4.74. The highest BCUT2D eigenvalue weighted by atomic mass is 35.5. The number of nitrogens with one attached hydrogen (secondary N) is 1. The van der Waals surface area contributed by atoms with Gasteiger partial charge in [-0.3, -0.25) is 4.79 Å². The van der Waals surface area contributed by atoms with Crippen molar-refractivity contribution < 1.29 is 9.90 Å². The molecule has 2 aliphatic heterocycles. The smallest absolute Gasteiger partial charge is 0.224 e. The molecule has 5 heteroatoms. The minimum atomic E-state index is -0.620. The SMILES string of the molecule is O=C1CCc2cc(C(O)CN3CCCC(Cc4ccccc4)C3)c(Cl)cc2N1. The summed E-state index contributed by atoms with van der Waals surface area (Å²) in [5, 5.41) is 14.3. The lowest BCUT2D eigenvalue weighted by atomic mass is 9.91. The Labute approximate surface area is 171 Å². The zero-order valence-electron chi connectivity index (χ0n) is 16.0. The molecule has 2 atom stereocenters. The van der Waals surface area contributed by atoms with Crippen LogP contribution in [0.5, 0.6) is 0 Å². The van der Waals surface area contributed by atoms with E-state index in [2.05, 4.69) is 40.5 Å². The second kappa shape index (κ2) is 8.64. The molecule has 4 rings (SSSR count). The van der Waals surface area contributed by atoms with Crippen LogP contribution in [0.2, 0.25) is 5.02 Å². The highest BCUT2D eigenvalue weighted by molar-refractivity contribution is 6.31. The molecule has 0 saturated carbocycles. The number of piperidine rings is 1. The van der Waals surface area contributed by atoms with E-state index >= 15 is 0 Å². The highest BCUT2D eigenvalue weighted by Crippen LogP contribution is 2.33. The first-order valence-corrected chi connectivity index (χ1v) is 10.5. The standard InChI is InChI=1S/C23H27ClN2O2/c24-20-13-21-18(8-9-23(28)25-21)12-19(20)22(27)15-26-10-4-7-17(14-26)11-16-5-2-1-3-6-16/h1-3,5-6,12-13,17,22,27H,4,7-11,14-15H2,(H,25,28). The fraction of sp³-hybridized carbons (Fsp3) is 0.435. The number of fused-ring (bicyclic) bond motifs is 1. The number of benzene rings is 2. The molecule has 0 spiro atoms. The zero-order chi connectivity index (χ0) is 19.5. The number of nitrogens with zero attached hydrogens (tertiary/aromatic N) is 1. The van der Waals surface area contributed by atoms with Gasteiger partial charge in [-0.25, -0.2) is 0 Å². The molecule has 1 saturated heterocycles. The number of aliphatic hydroxyl groups is 1. The summed E-state index contributed by atoms with van der Waals surface area (Å²) in [7, 11) is 0. The van der Waals surface area contributed by atoms with E-state index in [1.807, 2.05) is 6.07 Å². The summed E-state index contributed by atoms with van der Waals surface area (Å²) < 4.78 is 0. The van der Waals surface area contributed by atoms with Gasteiger partial charge in [0.25, 0.3) is 0 Å². The minimum Gasteiger partial charge on any atom is -0.387 e. The summed E-state index contributed by atoms with van der Waals surface area (Å²) in [6.07, 6.45) is 4.05. The van der Waals surface area contributed by atoms with Gasteiger partial charge in [0.15, 0.2) is 0 Å². The van der Waals surface area contributed by atoms with E-state index in [1.165, 1.54) is 12.0 Å². The Kier molecular flexibility index (Phi) is 6.00. The van der Waals surface area contributed by atoms with Crippen LogP contribution in [0.15, 0.2) is 42.5 Å². The van der Waals surface area contributed by atoms with Gasteiger partial charge in [0.2, 0.25) is 5.91 Å². The third kappa shape index (κ3) is 4.57. The molecule has 2 unspecified atom stereocenters. The summed E-state index contributed by atoms with van der Waals surface area (Å²) in [5.41, 5.74) is 3.98. The summed E-state index contributed by atoms with van der Waals surface area (Å²) in [6.45, 7) is 2.61. The topological polar surface area (TPSA) is 52.6 Å². The van der Waals surface area contributed by atoms with Gasteiger partial charge in [-0.1, -0.05) is 41.9 Å². The third-order valence-corrected chi connectivity index (χ3v) is 6.21. The molecule has 0 aliphatic carbocycles. The van der Waals surface area contributed by atoms with E-state index in [1.54, 1.807) is 6.07 Å². The summed E-state index contributed by atoms with van der Waals surface area (Å²) >= 11 is 6.43. The van der Waals surface area contributed by atoms with Gasteiger partial charge in [-0.15, -0.1) is 0 Å². The quantitative estimate of drug-likeness (QED) is 0.793. The zero-order valence-corrected chi connectivity index (χ0v) is 16.8. The van der Waals surface area contributed by atoms with Crippen LogP contribution >= 0.6 is 11.6 Å². The molecule has 2 aromatic carbocycles. The number of halogens is 1. The predicted octanol–water partition coefficient (Wildman–Crippen LogP) is 4.21. The maximum Gasteiger partial charge on any atom is 0.224 e. The number of carbonyl (C=O) groups is 1. The van der Waals surface area contributed by atoms with Crippen molar-refractivity contribution in [1.82, 2.24) is 4.90 Å². The van der Waals surface area contributed by atoms with Crippen LogP contribution in [0.4, 0.5) is 5.69 Å². The number of amides is 1. The number of hydrogen-bond donors (Lipinski definition) is 2. The van der Waals surface area contributed by atoms with Crippen molar-refractivity contribution in [1.29, 1.82) is 0 Å². The van der Waals surface area contributed by atoms with E-state index in [9.17, 15) is 9.90 Å². The van der Waals surface area contributed by atoms with E-state index in [-0.39, 0.29) is 5.91 Å². The maximum atomic E-state index is 11.6. The van der Waals surface area contributed by atoms with E-state index in [0.717, 1.165) is 42.7 Å². The number of hydrogen-bond acceptors (Lipinski definition) is 3. The minimum absolute atomic E-state index is 0.0228. The molecule has 2 heterocycles. The van der Waals surface area contributed by atoms with Gasteiger partial charge < -0.3 is 15.3 Å². The molecule has 0 aromatic heterocycles. The first-order valence-electron chi connectivity index (χ1n) is 10.1. The predicted molar refractivity (Wildman–Crippen MR) is 113 cm³/mol. The Morgan fingerprint density at radius 1 is 1.21 bits per heavy atom. The van der Waals surface area contributed by atoms with Crippen molar-refractivity contribution in [3.05, 3.63) is 64.2 Å². The van der Waals surface area contributed by atoms with Crippen molar-refractivity contribution in [3.8, 4) is 0 Å². The van der Waals surface area contributed by atoms with Crippen LogP contribution in [-0.2, 0) is 17.6 Å². The van der Waals surface area contributed by atoms with E-state index in [4.69, 9.17) is 11.6 Å². The average molecular weight is 399 g/mol. The molecule has 0 bridgehead atoms. The normalized spacial score (nSPS) is 21.1. The highest BCUT2D eigenvalue weighted by Gasteiger charge is 2.25. The lowest BCUT2D eigenvalue weighted by molar-refractivity contribution is -0.116. The Morgan fingerprint density at radius 2 is 2.04 bits per heavy atom. The first-order chi connectivity index (χ1) is 13.6. The number of aliphatic hydroxyl groups excluding tert-OH is 1. The van der Waals surface area contributed by atoms with Gasteiger partial charge in [0.1, 0.15) is 0 Å².